The lowest BCUT2D eigenvalue weighted by Crippen LogP contribution is -2.53. The molecule has 1 aliphatic carbocycles. The number of carbonyl (C=O) groups is 1. The number of rotatable bonds is 4. The van der Waals surface area contributed by atoms with Crippen molar-refractivity contribution in [2.24, 2.45) is 5.92 Å². The van der Waals surface area contributed by atoms with E-state index in [2.05, 4.69) is 0 Å². The summed E-state index contributed by atoms with van der Waals surface area (Å²) in [5.41, 5.74) is -0.0579. The molecule has 1 saturated carbocycles. The Hall–Kier alpha value is -3.00. The summed E-state index contributed by atoms with van der Waals surface area (Å²) < 4.78 is 0. The second-order valence-electron chi connectivity index (χ2n) is 8.24. The number of non-ortho nitro benzene ring substituents is 2. The topological polar surface area (TPSA) is 107 Å². The van der Waals surface area contributed by atoms with Gasteiger partial charge in [-0.1, -0.05) is 43.2 Å². The maximum atomic E-state index is 13.5. The lowest BCUT2D eigenvalue weighted by atomic mass is 9.68. The fraction of sp³-hybridized carbons (Fsp3) is 0.409. The van der Waals surface area contributed by atoms with E-state index in [-0.39, 0.29) is 17.5 Å². The van der Waals surface area contributed by atoms with E-state index in [9.17, 15) is 25.0 Å². The molecule has 2 fully saturated rings. The van der Waals surface area contributed by atoms with Gasteiger partial charge in [0.25, 0.3) is 17.3 Å². The molecule has 1 heterocycles. The highest BCUT2D eigenvalue weighted by Crippen LogP contribution is 2.53. The van der Waals surface area contributed by atoms with Gasteiger partial charge in [0, 0.05) is 24.6 Å². The van der Waals surface area contributed by atoms with Gasteiger partial charge in [0.15, 0.2) is 0 Å². The molecule has 1 amide bonds. The first-order chi connectivity index (χ1) is 14.8. The Morgan fingerprint density at radius 1 is 1.00 bits per heavy atom. The van der Waals surface area contributed by atoms with Crippen molar-refractivity contribution in [3.8, 4) is 0 Å². The third kappa shape index (κ3) is 3.99. The summed E-state index contributed by atoms with van der Waals surface area (Å²) in [6, 6.07) is 12.4. The summed E-state index contributed by atoms with van der Waals surface area (Å²) in [6.07, 6.45) is 4.44. The third-order valence-electron chi connectivity index (χ3n) is 6.48. The van der Waals surface area contributed by atoms with Crippen molar-refractivity contribution in [2.45, 2.75) is 43.0 Å². The van der Waals surface area contributed by atoms with Crippen LogP contribution in [0.1, 0.15) is 54.1 Å². The van der Waals surface area contributed by atoms with E-state index in [0.717, 1.165) is 49.4 Å². The normalized spacial score (nSPS) is 25.5. The van der Waals surface area contributed by atoms with Crippen LogP contribution in [-0.4, -0.2) is 32.1 Å². The van der Waals surface area contributed by atoms with Crippen LogP contribution < -0.4 is 0 Å². The van der Waals surface area contributed by atoms with E-state index in [0.29, 0.717) is 13.0 Å². The van der Waals surface area contributed by atoms with E-state index < -0.39 is 32.0 Å². The Kier molecular flexibility index (Phi) is 5.66. The molecule has 2 aliphatic rings. The fourth-order valence-corrected chi connectivity index (χ4v) is 5.47. The average Bonchev–Trinajstić information content (AvgIpc) is 2.77. The molecule has 9 heteroatoms. The number of halogens is 1. The van der Waals surface area contributed by atoms with Gasteiger partial charge in [-0.3, -0.25) is 25.0 Å². The van der Waals surface area contributed by atoms with Crippen molar-refractivity contribution in [1.82, 2.24) is 4.90 Å². The Bertz CT molecular complexity index is 999. The molecule has 0 bridgehead atoms. The minimum Gasteiger partial charge on any atom is -0.331 e. The molecule has 2 aromatic rings. The molecule has 0 aromatic heterocycles. The van der Waals surface area contributed by atoms with E-state index in [1.54, 1.807) is 4.90 Å². The fourth-order valence-electron chi connectivity index (χ4n) is 5.03. The van der Waals surface area contributed by atoms with Gasteiger partial charge in [-0.2, -0.15) is 0 Å². The highest BCUT2D eigenvalue weighted by molar-refractivity contribution is 6.24. The SMILES string of the molecule is O=C(c1cc([N+](=O)[O-])cc([N+](=O)[O-])c1)N1CCC2(Cl)CCCCC2C1c1ccccc1. The predicted molar refractivity (Wildman–Crippen MR) is 115 cm³/mol. The largest absolute Gasteiger partial charge is 0.331 e. The molecule has 1 aliphatic heterocycles. The number of amides is 1. The molecule has 3 unspecified atom stereocenters. The summed E-state index contributed by atoms with van der Waals surface area (Å²) in [5, 5.41) is 22.6. The maximum Gasteiger partial charge on any atom is 0.277 e. The first-order valence-electron chi connectivity index (χ1n) is 10.3. The van der Waals surface area contributed by atoms with Crippen LogP contribution in [0, 0.1) is 26.1 Å². The number of fused-ring (bicyclic) bond motifs is 1. The second kappa shape index (κ2) is 8.26. The second-order valence-corrected chi connectivity index (χ2v) is 9.00. The number of likely N-dealkylation sites (tertiary alicyclic amines) is 1. The van der Waals surface area contributed by atoms with E-state index >= 15 is 0 Å². The third-order valence-corrected chi connectivity index (χ3v) is 7.14. The zero-order valence-corrected chi connectivity index (χ0v) is 17.5. The number of piperidine rings is 1. The van der Waals surface area contributed by atoms with Crippen molar-refractivity contribution in [3.05, 3.63) is 79.9 Å². The molecule has 0 N–H and O–H groups in total. The summed E-state index contributed by atoms with van der Waals surface area (Å²) >= 11 is 7.05. The van der Waals surface area contributed by atoms with Crippen LogP contribution in [0.15, 0.2) is 48.5 Å². The molecule has 0 spiro atoms. The minimum absolute atomic E-state index is 0.0386. The zero-order valence-electron chi connectivity index (χ0n) is 16.8. The van der Waals surface area contributed by atoms with Crippen molar-refractivity contribution in [3.63, 3.8) is 0 Å². The number of alkyl halides is 1. The highest BCUT2D eigenvalue weighted by atomic mass is 35.5. The zero-order chi connectivity index (χ0) is 22.2. The van der Waals surface area contributed by atoms with Crippen LogP contribution in [0.5, 0.6) is 0 Å². The van der Waals surface area contributed by atoms with Crippen molar-refractivity contribution in [1.29, 1.82) is 0 Å². The summed E-state index contributed by atoms with van der Waals surface area (Å²) in [6.45, 7) is 0.384. The van der Waals surface area contributed by atoms with Gasteiger partial charge in [0.05, 0.1) is 32.4 Å². The van der Waals surface area contributed by atoms with Crippen molar-refractivity contribution < 1.29 is 14.6 Å². The Labute approximate surface area is 184 Å². The molecule has 1 saturated heterocycles. The Morgan fingerprint density at radius 2 is 1.65 bits per heavy atom. The molecule has 2 aromatic carbocycles. The standard InChI is InChI=1S/C22H22ClN3O5/c23-22-9-5-4-8-19(22)20(15-6-2-1-3-7-15)24(11-10-22)21(27)16-12-17(25(28)29)14-18(13-16)26(30)31/h1-3,6-7,12-14,19-20H,4-5,8-11H2. The highest BCUT2D eigenvalue weighted by Gasteiger charge is 2.50. The van der Waals surface area contributed by atoms with Gasteiger partial charge >= 0.3 is 0 Å². The first-order valence-corrected chi connectivity index (χ1v) is 10.7. The van der Waals surface area contributed by atoms with E-state index in [4.69, 9.17) is 11.6 Å². The molecule has 8 nitrogen and oxygen atoms in total. The molecule has 4 rings (SSSR count). The average molecular weight is 444 g/mol. The van der Waals surface area contributed by atoms with E-state index in [1.807, 2.05) is 30.3 Å². The summed E-state index contributed by atoms with van der Waals surface area (Å²) in [4.78, 5) is 36.0. The number of nitro groups is 2. The van der Waals surface area contributed by atoms with Gasteiger partial charge in [-0.25, -0.2) is 0 Å². The van der Waals surface area contributed by atoms with Crippen LogP contribution in [0.25, 0.3) is 0 Å². The Balaban J connectivity index is 1.78. The number of hydrogen-bond donors (Lipinski definition) is 0. The predicted octanol–water partition coefficient (Wildman–Crippen LogP) is 5.26. The van der Waals surface area contributed by atoms with Crippen LogP contribution in [0.2, 0.25) is 0 Å². The Morgan fingerprint density at radius 3 is 2.26 bits per heavy atom. The smallest absolute Gasteiger partial charge is 0.277 e. The molecule has 0 radical (unpaired) electrons. The minimum atomic E-state index is -0.723. The lowest BCUT2D eigenvalue weighted by Gasteiger charge is -2.52. The monoisotopic (exact) mass is 443 g/mol. The molecule has 31 heavy (non-hydrogen) atoms. The number of carbonyl (C=O) groups excluding carboxylic acids is 1. The van der Waals surface area contributed by atoms with Crippen LogP contribution >= 0.6 is 11.6 Å². The number of benzene rings is 2. The van der Waals surface area contributed by atoms with Gasteiger partial charge in [0.1, 0.15) is 0 Å². The quantitative estimate of drug-likeness (QED) is 0.364. The van der Waals surface area contributed by atoms with Gasteiger partial charge in [0.2, 0.25) is 0 Å². The van der Waals surface area contributed by atoms with Gasteiger partial charge < -0.3 is 4.90 Å². The summed E-state index contributed by atoms with van der Waals surface area (Å²) in [7, 11) is 0. The summed E-state index contributed by atoms with van der Waals surface area (Å²) in [5.74, 6) is -0.415. The lowest BCUT2D eigenvalue weighted by molar-refractivity contribution is -0.394. The first kappa shape index (κ1) is 21.2. The van der Waals surface area contributed by atoms with Crippen LogP contribution in [-0.2, 0) is 0 Å². The van der Waals surface area contributed by atoms with Crippen molar-refractivity contribution >= 4 is 28.9 Å². The van der Waals surface area contributed by atoms with Gasteiger partial charge in [-0.05, 0) is 24.8 Å². The number of hydrogen-bond acceptors (Lipinski definition) is 5. The molecule has 3 atom stereocenters. The van der Waals surface area contributed by atoms with Crippen molar-refractivity contribution in [2.75, 3.05) is 6.54 Å². The molecular weight excluding hydrogens is 422 g/mol. The van der Waals surface area contributed by atoms with E-state index in [1.165, 1.54) is 0 Å². The molecular formula is C22H22ClN3O5. The molecule has 162 valence electrons. The number of nitro benzene ring substituents is 2. The maximum absolute atomic E-state index is 13.5. The van der Waals surface area contributed by atoms with Crippen LogP contribution in [0.4, 0.5) is 11.4 Å². The number of nitrogens with zero attached hydrogens (tertiary/aromatic N) is 3. The van der Waals surface area contributed by atoms with Gasteiger partial charge in [-0.15, -0.1) is 11.6 Å². The van der Waals surface area contributed by atoms with Crippen LogP contribution in [0.3, 0.4) is 0 Å².